The maximum Gasteiger partial charge on any atom is -0.0263 e. The standard InChI is InChI=1S/C10H14.2C8H8/c1-2-3-7-10-8-5-4-6-9-10;2*1-2-8-6-4-3-5-7-8/h4-6,8-9H,2-3,7H2,1H3;2*2-7H,1H2. The van der Waals surface area contributed by atoms with Crippen LogP contribution < -0.4 is 0 Å². The van der Waals surface area contributed by atoms with Gasteiger partial charge in [-0.3, -0.25) is 0 Å². The topological polar surface area (TPSA) is 0 Å². The van der Waals surface area contributed by atoms with Crippen LogP contribution in [0.25, 0.3) is 12.2 Å². The van der Waals surface area contributed by atoms with Crippen molar-refractivity contribution in [2.75, 3.05) is 0 Å². The summed E-state index contributed by atoms with van der Waals surface area (Å²) in [5, 5.41) is 0. The monoisotopic (exact) mass is 342 g/mol. The van der Waals surface area contributed by atoms with Gasteiger partial charge in [-0.2, -0.15) is 0 Å². The lowest BCUT2D eigenvalue weighted by Crippen LogP contribution is -1.81. The second-order valence-corrected chi connectivity index (χ2v) is 5.82. The van der Waals surface area contributed by atoms with Crippen LogP contribution in [0.2, 0.25) is 0 Å². The Morgan fingerprint density at radius 3 is 1.31 bits per heavy atom. The first kappa shape index (κ1) is 21.2. The van der Waals surface area contributed by atoms with Gasteiger partial charge in [-0.25, -0.2) is 0 Å². The summed E-state index contributed by atoms with van der Waals surface area (Å²) in [5.74, 6) is 0. The zero-order valence-corrected chi connectivity index (χ0v) is 15.9. The molecule has 0 atom stereocenters. The smallest absolute Gasteiger partial charge is 0.0263 e. The first-order valence-electron chi connectivity index (χ1n) is 9.19. The summed E-state index contributed by atoms with van der Waals surface area (Å²) in [6.07, 6.45) is 7.50. The Morgan fingerprint density at radius 2 is 1.00 bits per heavy atom. The SMILES string of the molecule is C=Cc1ccccc1.C=Cc1ccccc1.CCCCc1ccccc1. The number of unbranched alkanes of at least 4 members (excludes halogenated alkanes) is 1. The van der Waals surface area contributed by atoms with Crippen LogP contribution in [0, 0.1) is 0 Å². The van der Waals surface area contributed by atoms with E-state index < -0.39 is 0 Å². The minimum atomic E-state index is 1.17. The molecule has 0 N–H and O–H groups in total. The highest BCUT2D eigenvalue weighted by molar-refractivity contribution is 5.46. The summed E-state index contributed by atoms with van der Waals surface area (Å²) >= 11 is 0. The molecule has 3 aromatic rings. The van der Waals surface area contributed by atoms with E-state index in [1.54, 1.807) is 0 Å². The average Bonchev–Trinajstić information content (AvgIpc) is 2.75. The molecular formula is C26H30. The van der Waals surface area contributed by atoms with E-state index in [2.05, 4.69) is 50.4 Å². The summed E-state index contributed by atoms with van der Waals surface area (Å²) in [7, 11) is 0. The lowest BCUT2D eigenvalue weighted by molar-refractivity contribution is 0.795. The summed E-state index contributed by atoms with van der Waals surface area (Å²) in [5.41, 5.74) is 3.81. The largest absolute Gasteiger partial charge is 0.0985 e. The van der Waals surface area contributed by atoms with Crippen molar-refractivity contribution >= 4 is 12.2 Å². The van der Waals surface area contributed by atoms with E-state index in [9.17, 15) is 0 Å². The molecule has 0 unspecified atom stereocenters. The van der Waals surface area contributed by atoms with Crippen LogP contribution in [0.4, 0.5) is 0 Å². The van der Waals surface area contributed by atoms with Crippen LogP contribution in [0.1, 0.15) is 36.5 Å². The van der Waals surface area contributed by atoms with E-state index in [0.717, 1.165) is 0 Å². The van der Waals surface area contributed by atoms with E-state index in [1.165, 1.54) is 36.0 Å². The molecule has 0 aromatic heterocycles. The molecule has 0 heterocycles. The van der Waals surface area contributed by atoms with E-state index in [0.29, 0.717) is 0 Å². The van der Waals surface area contributed by atoms with Gasteiger partial charge in [0.1, 0.15) is 0 Å². The van der Waals surface area contributed by atoms with Gasteiger partial charge in [0.2, 0.25) is 0 Å². The first-order chi connectivity index (χ1) is 12.8. The Labute approximate surface area is 159 Å². The number of rotatable bonds is 5. The van der Waals surface area contributed by atoms with Gasteiger partial charge in [0.15, 0.2) is 0 Å². The van der Waals surface area contributed by atoms with Gasteiger partial charge < -0.3 is 0 Å². The normalized spacial score (nSPS) is 8.96. The second kappa shape index (κ2) is 14.5. The molecule has 26 heavy (non-hydrogen) atoms. The van der Waals surface area contributed by atoms with Gasteiger partial charge in [0.05, 0.1) is 0 Å². The van der Waals surface area contributed by atoms with Crippen molar-refractivity contribution in [3.63, 3.8) is 0 Å². The number of benzene rings is 3. The lowest BCUT2D eigenvalue weighted by atomic mass is 10.1. The van der Waals surface area contributed by atoms with Gasteiger partial charge in [-0.1, -0.05) is 130 Å². The molecule has 0 fully saturated rings. The summed E-state index contributed by atoms with van der Waals surface area (Å²) in [6.45, 7) is 9.49. The molecule has 134 valence electrons. The van der Waals surface area contributed by atoms with Crippen molar-refractivity contribution in [3.05, 3.63) is 121 Å². The fraction of sp³-hybridized carbons (Fsp3) is 0.154. The molecule has 3 rings (SSSR count). The molecule has 0 spiro atoms. The predicted molar refractivity (Wildman–Crippen MR) is 118 cm³/mol. The van der Waals surface area contributed by atoms with Gasteiger partial charge >= 0.3 is 0 Å². The number of aryl methyl sites for hydroxylation is 1. The number of hydrogen-bond acceptors (Lipinski definition) is 0. The zero-order chi connectivity index (χ0) is 18.9. The third-order valence-electron chi connectivity index (χ3n) is 3.73. The predicted octanol–water partition coefficient (Wildman–Crippen LogP) is 7.69. The maximum atomic E-state index is 3.63. The first-order valence-corrected chi connectivity index (χ1v) is 9.19. The Bertz CT molecular complexity index is 653. The quantitative estimate of drug-likeness (QED) is 0.446. The molecule has 0 heteroatoms. The molecular weight excluding hydrogens is 312 g/mol. The molecule has 0 amide bonds. The molecule has 3 aromatic carbocycles. The van der Waals surface area contributed by atoms with Crippen molar-refractivity contribution < 1.29 is 0 Å². The third kappa shape index (κ3) is 10.1. The van der Waals surface area contributed by atoms with Crippen LogP contribution in [-0.2, 0) is 6.42 Å². The summed E-state index contributed by atoms with van der Waals surface area (Å²) in [4.78, 5) is 0. The molecule has 0 saturated heterocycles. The number of hydrogen-bond donors (Lipinski definition) is 0. The van der Waals surface area contributed by atoms with Gasteiger partial charge in [-0.05, 0) is 29.5 Å². The molecule has 0 saturated carbocycles. The van der Waals surface area contributed by atoms with E-state index in [4.69, 9.17) is 0 Å². The van der Waals surface area contributed by atoms with Crippen LogP contribution in [0.5, 0.6) is 0 Å². The van der Waals surface area contributed by atoms with E-state index in [1.807, 2.05) is 72.8 Å². The fourth-order valence-electron chi connectivity index (χ4n) is 2.20. The van der Waals surface area contributed by atoms with Crippen LogP contribution in [0.3, 0.4) is 0 Å². The highest BCUT2D eigenvalue weighted by Gasteiger charge is 1.87. The summed E-state index contributed by atoms with van der Waals surface area (Å²) < 4.78 is 0. The fourth-order valence-corrected chi connectivity index (χ4v) is 2.20. The molecule has 0 aliphatic heterocycles. The molecule has 0 radical (unpaired) electrons. The van der Waals surface area contributed by atoms with Crippen LogP contribution >= 0.6 is 0 Å². The van der Waals surface area contributed by atoms with Crippen molar-refractivity contribution in [1.29, 1.82) is 0 Å². The van der Waals surface area contributed by atoms with Gasteiger partial charge in [0.25, 0.3) is 0 Å². The van der Waals surface area contributed by atoms with E-state index in [-0.39, 0.29) is 0 Å². The minimum absolute atomic E-state index is 1.17. The molecule has 0 bridgehead atoms. The van der Waals surface area contributed by atoms with Crippen molar-refractivity contribution in [1.82, 2.24) is 0 Å². The molecule has 0 nitrogen and oxygen atoms in total. The Balaban J connectivity index is 0.000000197. The minimum Gasteiger partial charge on any atom is -0.0985 e. The van der Waals surface area contributed by atoms with Gasteiger partial charge in [0, 0.05) is 0 Å². The maximum absolute atomic E-state index is 3.63. The third-order valence-corrected chi connectivity index (χ3v) is 3.73. The van der Waals surface area contributed by atoms with Crippen molar-refractivity contribution in [3.8, 4) is 0 Å². The Morgan fingerprint density at radius 1 is 0.615 bits per heavy atom. The van der Waals surface area contributed by atoms with Crippen LogP contribution in [-0.4, -0.2) is 0 Å². The molecule has 0 aliphatic carbocycles. The highest BCUT2D eigenvalue weighted by atomic mass is 13.9. The summed E-state index contributed by atoms with van der Waals surface area (Å²) in [6, 6.07) is 30.7. The van der Waals surface area contributed by atoms with Gasteiger partial charge in [-0.15, -0.1) is 0 Å². The van der Waals surface area contributed by atoms with E-state index >= 15 is 0 Å². The second-order valence-electron chi connectivity index (χ2n) is 5.82. The van der Waals surface area contributed by atoms with Crippen molar-refractivity contribution in [2.24, 2.45) is 0 Å². The van der Waals surface area contributed by atoms with Crippen molar-refractivity contribution in [2.45, 2.75) is 26.2 Å². The molecule has 0 aliphatic rings. The lowest BCUT2D eigenvalue weighted by Gasteiger charge is -1.96. The van der Waals surface area contributed by atoms with Crippen LogP contribution in [0.15, 0.2) is 104 Å². The highest BCUT2D eigenvalue weighted by Crippen LogP contribution is 2.03. The Kier molecular flexibility index (Phi) is 11.8. The Hall–Kier alpha value is -2.86. The zero-order valence-electron chi connectivity index (χ0n) is 15.9. The average molecular weight is 343 g/mol.